The van der Waals surface area contributed by atoms with Crippen LogP contribution >= 0.6 is 0 Å². The summed E-state index contributed by atoms with van der Waals surface area (Å²) in [5.41, 5.74) is 18.2. The lowest BCUT2D eigenvalue weighted by Gasteiger charge is -2.31. The molecular formula is C49H71N13O12. The molecule has 0 saturated heterocycles. The number of likely N-dealkylation sites (N-methyl/N-ethyl adjacent to an activating group) is 1. The summed E-state index contributed by atoms with van der Waals surface area (Å²) in [6.45, 7) is 8.10. The zero-order chi connectivity index (χ0) is 55.2. The average Bonchev–Trinajstić information content (AvgIpc) is 3.87. The van der Waals surface area contributed by atoms with Gasteiger partial charge in [-0.2, -0.15) is 0 Å². The number of carbonyl (C=O) groups excluding carboxylic acids is 7. The van der Waals surface area contributed by atoms with Crippen molar-refractivity contribution in [2.24, 2.45) is 34.0 Å². The minimum Gasteiger partial charge on any atom is -0.508 e. The molecular weight excluding hydrogens is 963 g/mol. The number of carbonyl (C=O) groups is 9. The maximum atomic E-state index is 14.5. The second kappa shape index (κ2) is 29.4. The Bertz CT molecular complexity index is 2400. The molecule has 25 heteroatoms. The fraction of sp³-hybridized carbons (Fsp3) is 0.490. The summed E-state index contributed by atoms with van der Waals surface area (Å²) in [4.78, 5) is 133. The molecule has 0 unspecified atom stereocenters. The molecule has 3 rings (SSSR count). The Morgan fingerprint density at radius 2 is 1.26 bits per heavy atom. The number of guanidine groups is 1. The van der Waals surface area contributed by atoms with Crippen LogP contribution in [0.5, 0.6) is 5.75 Å². The van der Waals surface area contributed by atoms with Crippen molar-refractivity contribution in [2.75, 3.05) is 13.6 Å². The van der Waals surface area contributed by atoms with Crippen LogP contribution in [0, 0.1) is 11.8 Å². The largest absolute Gasteiger partial charge is 0.508 e. The lowest BCUT2D eigenvalue weighted by Crippen LogP contribution is -2.62. The highest BCUT2D eigenvalue weighted by Gasteiger charge is 2.37. The van der Waals surface area contributed by atoms with Gasteiger partial charge in [-0.25, -0.2) is 9.78 Å². The Labute approximate surface area is 428 Å². The molecule has 9 atom stereocenters. The van der Waals surface area contributed by atoms with Gasteiger partial charge in [-0.05, 0) is 54.9 Å². The number of phenolic OH excluding ortho intramolecular Hbond substituents is 1. The zero-order valence-electron chi connectivity index (χ0n) is 42.4. The van der Waals surface area contributed by atoms with Gasteiger partial charge in [0.2, 0.25) is 41.4 Å². The highest BCUT2D eigenvalue weighted by molar-refractivity contribution is 5.98. The summed E-state index contributed by atoms with van der Waals surface area (Å²) in [6.07, 6.45) is 2.15. The highest BCUT2D eigenvalue weighted by atomic mass is 16.4. The van der Waals surface area contributed by atoms with Crippen LogP contribution in [0.15, 0.2) is 72.1 Å². The second-order valence-electron chi connectivity index (χ2n) is 18.3. The molecule has 0 spiro atoms. The number of amides is 7. The summed E-state index contributed by atoms with van der Waals surface area (Å²) in [6, 6.07) is 3.61. The number of imidazole rings is 1. The summed E-state index contributed by atoms with van der Waals surface area (Å²) in [5, 5.41) is 44.9. The first-order valence-electron chi connectivity index (χ1n) is 24.1. The Balaban J connectivity index is 1.90. The van der Waals surface area contributed by atoms with Crippen molar-refractivity contribution in [3.8, 4) is 5.75 Å². The lowest BCUT2D eigenvalue weighted by molar-refractivity contribution is -0.150. The number of hydrogen-bond donors (Lipinski definition) is 13. The molecule has 3 aromatic rings. The van der Waals surface area contributed by atoms with Crippen LogP contribution in [0.4, 0.5) is 0 Å². The normalized spacial score (nSPS) is 14.7. The third kappa shape index (κ3) is 19.5. The van der Waals surface area contributed by atoms with Crippen LogP contribution < -0.4 is 49.1 Å². The molecule has 404 valence electrons. The van der Waals surface area contributed by atoms with Crippen molar-refractivity contribution in [3.05, 3.63) is 83.9 Å². The minimum atomic E-state index is -1.51. The quantitative estimate of drug-likeness (QED) is 0.0206. The number of benzene rings is 2. The third-order valence-electron chi connectivity index (χ3n) is 12.1. The molecule has 25 nitrogen and oxygen atoms in total. The molecule has 0 aliphatic carbocycles. The van der Waals surface area contributed by atoms with Gasteiger partial charge in [0, 0.05) is 44.7 Å². The number of carboxylic acid groups (broad SMARTS) is 2. The predicted octanol–water partition coefficient (Wildman–Crippen LogP) is -1.46. The summed E-state index contributed by atoms with van der Waals surface area (Å²) < 4.78 is 0. The van der Waals surface area contributed by atoms with E-state index in [1.165, 1.54) is 50.8 Å². The third-order valence-corrected chi connectivity index (χ3v) is 12.1. The van der Waals surface area contributed by atoms with Crippen molar-refractivity contribution in [2.45, 2.75) is 128 Å². The van der Waals surface area contributed by atoms with Crippen molar-refractivity contribution >= 4 is 59.2 Å². The van der Waals surface area contributed by atoms with Crippen LogP contribution in [-0.4, -0.2) is 151 Å². The second-order valence-corrected chi connectivity index (χ2v) is 18.3. The molecule has 0 saturated carbocycles. The number of aromatic nitrogens is 2. The molecule has 1 aromatic heterocycles. The number of aliphatic imine (C=N–C) groups is 1. The van der Waals surface area contributed by atoms with Gasteiger partial charge >= 0.3 is 11.9 Å². The van der Waals surface area contributed by atoms with Crippen molar-refractivity contribution in [1.82, 2.24) is 46.8 Å². The van der Waals surface area contributed by atoms with Crippen molar-refractivity contribution < 1.29 is 58.5 Å². The number of H-pyrrole nitrogens is 1. The summed E-state index contributed by atoms with van der Waals surface area (Å²) in [7, 11) is 1.31. The topological polar surface area (TPSA) is 409 Å². The lowest BCUT2D eigenvalue weighted by atomic mass is 9.96. The smallest absolute Gasteiger partial charge is 0.326 e. The van der Waals surface area contributed by atoms with Crippen LogP contribution in [0.1, 0.15) is 77.1 Å². The van der Waals surface area contributed by atoms with Gasteiger partial charge in [0.05, 0.1) is 18.8 Å². The van der Waals surface area contributed by atoms with Crippen LogP contribution in [0.3, 0.4) is 0 Å². The van der Waals surface area contributed by atoms with E-state index in [1.807, 2.05) is 0 Å². The van der Waals surface area contributed by atoms with Crippen LogP contribution in [0.2, 0.25) is 0 Å². The molecule has 74 heavy (non-hydrogen) atoms. The average molecular weight is 1030 g/mol. The van der Waals surface area contributed by atoms with Gasteiger partial charge in [-0.15, -0.1) is 0 Å². The number of aliphatic carboxylic acids is 2. The maximum Gasteiger partial charge on any atom is 0.326 e. The first-order valence-corrected chi connectivity index (χ1v) is 24.1. The van der Waals surface area contributed by atoms with Gasteiger partial charge in [0.1, 0.15) is 48.0 Å². The Hall–Kier alpha value is -8.09. The summed E-state index contributed by atoms with van der Waals surface area (Å²) in [5.74, 6) is -9.96. The first-order chi connectivity index (χ1) is 34.9. The fourth-order valence-corrected chi connectivity index (χ4v) is 7.56. The van der Waals surface area contributed by atoms with Crippen molar-refractivity contribution in [1.29, 1.82) is 0 Å². The van der Waals surface area contributed by atoms with Crippen LogP contribution in [0.25, 0.3) is 0 Å². The van der Waals surface area contributed by atoms with Gasteiger partial charge < -0.3 is 74.3 Å². The van der Waals surface area contributed by atoms with E-state index in [0.29, 0.717) is 23.2 Å². The number of aromatic amines is 1. The molecule has 0 radical (unpaired) electrons. The first kappa shape index (κ1) is 60.2. The zero-order valence-corrected chi connectivity index (χ0v) is 42.4. The van der Waals surface area contributed by atoms with E-state index in [2.05, 4.69) is 46.9 Å². The number of nitrogens with two attached hydrogens (primary N) is 3. The van der Waals surface area contributed by atoms with E-state index >= 15 is 0 Å². The van der Waals surface area contributed by atoms with E-state index in [0.717, 1.165) is 4.90 Å². The van der Waals surface area contributed by atoms with E-state index in [-0.39, 0.29) is 50.4 Å². The number of carboxylic acids is 2. The van der Waals surface area contributed by atoms with Crippen LogP contribution in [-0.2, 0) is 62.4 Å². The molecule has 2 aromatic carbocycles. The number of hydrogen-bond acceptors (Lipinski definition) is 13. The van der Waals surface area contributed by atoms with Gasteiger partial charge in [0.15, 0.2) is 5.96 Å². The highest BCUT2D eigenvalue weighted by Crippen LogP contribution is 2.16. The van der Waals surface area contributed by atoms with E-state index in [1.54, 1.807) is 58.0 Å². The molecule has 1 heterocycles. The molecule has 0 fully saturated rings. The number of nitrogens with zero attached hydrogens (tertiary/aromatic N) is 3. The maximum absolute atomic E-state index is 14.5. The Morgan fingerprint density at radius 1 is 0.703 bits per heavy atom. The molecule has 0 bridgehead atoms. The van der Waals surface area contributed by atoms with E-state index in [4.69, 9.17) is 22.3 Å². The standard InChI is InChI=1S/C49H71N13O12/c1-7-27(4)40(46(71)59-36(22-31-24-53-25-55-31)43(68)56-28(5)47(72)62(6)37(48(73)74)21-29-12-9-8-10-13-29)61-44(69)35(20-30-15-17-32(63)18-16-30)58-45(70)39(26(2)3)60-42(67)34(14-11-19-54-49(51)52)57-41(66)33(50)23-38(64)65/h8-10,12-13,15-18,24-28,33-37,39-40,63H,7,11,14,19-23,50H2,1-6H3,(H,53,55)(H,56,68)(H,57,66)(H,58,70)(H,59,71)(H,60,67)(H,61,69)(H,64,65)(H,73,74)(H4,51,52,54)/t27-,28-,33-,34-,35-,36-,37-,39-,40-/m0/s1. The van der Waals surface area contributed by atoms with Crippen molar-refractivity contribution in [3.63, 3.8) is 0 Å². The fourth-order valence-electron chi connectivity index (χ4n) is 7.56. The summed E-state index contributed by atoms with van der Waals surface area (Å²) >= 11 is 0. The number of phenols is 1. The number of aromatic hydroxyl groups is 1. The van der Waals surface area contributed by atoms with E-state index < -0.39 is 120 Å². The van der Waals surface area contributed by atoms with Gasteiger partial charge in [-0.1, -0.05) is 76.6 Å². The predicted molar refractivity (Wildman–Crippen MR) is 270 cm³/mol. The molecule has 0 aliphatic rings. The van der Waals surface area contributed by atoms with E-state index in [9.17, 15) is 53.4 Å². The minimum absolute atomic E-state index is 0.00558. The number of rotatable bonds is 30. The molecule has 16 N–H and O–H groups in total. The van der Waals surface area contributed by atoms with Gasteiger partial charge in [-0.3, -0.25) is 43.3 Å². The Kier molecular flexibility index (Phi) is 23.9. The molecule has 0 aliphatic heterocycles. The SMILES string of the molecule is CC[C@H](C)[C@H](NC(=O)[C@H](Cc1ccc(O)cc1)NC(=O)[C@@H](NC(=O)[C@H](CCCN=C(N)N)NC(=O)[C@@H](N)CC(=O)O)C(C)C)C(=O)N[C@@H](Cc1cnc[nH]1)C(=O)N[C@@H](C)C(=O)N(C)[C@@H](Cc1ccccc1)C(=O)O. The monoisotopic (exact) mass is 1030 g/mol. The van der Waals surface area contributed by atoms with Gasteiger partial charge in [0.25, 0.3) is 0 Å². The number of nitrogens with one attached hydrogen (secondary N) is 7. The Morgan fingerprint density at radius 3 is 1.81 bits per heavy atom. The molecule has 7 amide bonds.